The van der Waals surface area contributed by atoms with E-state index in [9.17, 15) is 0 Å². The Morgan fingerprint density at radius 1 is 1.14 bits per heavy atom. The van der Waals surface area contributed by atoms with Crippen molar-refractivity contribution in [2.45, 2.75) is 25.4 Å². The van der Waals surface area contributed by atoms with E-state index in [1.807, 2.05) is 11.8 Å². The molecule has 0 radical (unpaired) electrons. The van der Waals surface area contributed by atoms with Crippen LogP contribution < -0.4 is 5.73 Å². The first-order valence-corrected chi connectivity index (χ1v) is 8.74. The molecule has 0 heterocycles. The molecule has 0 saturated heterocycles. The van der Waals surface area contributed by atoms with E-state index in [0.717, 1.165) is 19.0 Å². The van der Waals surface area contributed by atoms with Crippen LogP contribution in [-0.4, -0.2) is 40.8 Å². The molecule has 14 heavy (non-hydrogen) atoms. The Morgan fingerprint density at radius 3 is 2.21 bits per heavy atom. The molecule has 0 saturated carbocycles. The van der Waals surface area contributed by atoms with Gasteiger partial charge in [-0.1, -0.05) is 0 Å². The second kappa shape index (κ2) is 8.73. The van der Waals surface area contributed by atoms with Gasteiger partial charge in [0.25, 0.3) is 0 Å². The Morgan fingerprint density at radius 2 is 1.71 bits per heavy atom. The fourth-order valence-corrected chi connectivity index (χ4v) is 3.64. The van der Waals surface area contributed by atoms with Crippen molar-refractivity contribution in [2.24, 2.45) is 5.73 Å². The molecule has 0 aromatic heterocycles. The summed E-state index contributed by atoms with van der Waals surface area (Å²) in [6.45, 7) is 2.91. The van der Waals surface area contributed by atoms with Crippen LogP contribution >= 0.6 is 11.8 Å². The molecule has 0 aliphatic carbocycles. The summed E-state index contributed by atoms with van der Waals surface area (Å²) in [5, 5.41) is 0. The number of rotatable bonds is 9. The van der Waals surface area contributed by atoms with E-state index in [1.54, 1.807) is 14.2 Å². The van der Waals surface area contributed by atoms with E-state index in [4.69, 9.17) is 14.6 Å². The van der Waals surface area contributed by atoms with Gasteiger partial charge in [0.1, 0.15) is 0 Å². The van der Waals surface area contributed by atoms with Gasteiger partial charge < -0.3 is 14.6 Å². The van der Waals surface area contributed by atoms with E-state index in [2.05, 4.69) is 6.55 Å². The quantitative estimate of drug-likeness (QED) is 0.491. The maximum Gasteiger partial charge on any atom is 0.334 e. The average molecular weight is 237 g/mol. The Bertz CT molecular complexity index is 134. The first-order chi connectivity index (χ1) is 6.68. The van der Waals surface area contributed by atoms with Gasteiger partial charge in [0.05, 0.1) is 0 Å². The van der Waals surface area contributed by atoms with E-state index < -0.39 is 8.56 Å². The molecule has 0 rings (SSSR count). The molecule has 0 bridgehead atoms. The molecule has 5 heteroatoms. The van der Waals surface area contributed by atoms with E-state index in [1.165, 1.54) is 17.9 Å². The first kappa shape index (κ1) is 14.4. The van der Waals surface area contributed by atoms with E-state index in [-0.39, 0.29) is 0 Å². The van der Waals surface area contributed by atoms with Crippen LogP contribution in [0.15, 0.2) is 0 Å². The number of hydrogen-bond donors (Lipinski definition) is 1. The summed E-state index contributed by atoms with van der Waals surface area (Å²) >= 11 is 1.97. The van der Waals surface area contributed by atoms with Crippen LogP contribution in [0.4, 0.5) is 0 Å². The highest BCUT2D eigenvalue weighted by atomic mass is 32.2. The Kier molecular flexibility index (Phi) is 9.01. The molecule has 0 aromatic rings. The molecule has 0 aliphatic heterocycles. The summed E-state index contributed by atoms with van der Waals surface area (Å²) in [4.78, 5) is 0. The van der Waals surface area contributed by atoms with Gasteiger partial charge in [-0.05, 0) is 43.5 Å². The Hall–Kier alpha value is 0.447. The average Bonchev–Trinajstić information content (AvgIpc) is 2.23. The zero-order chi connectivity index (χ0) is 10.9. The van der Waals surface area contributed by atoms with Gasteiger partial charge >= 0.3 is 8.56 Å². The zero-order valence-electron chi connectivity index (χ0n) is 9.54. The molecule has 0 unspecified atom stereocenters. The predicted octanol–water partition coefficient (Wildman–Crippen LogP) is 1.82. The van der Waals surface area contributed by atoms with Crippen molar-refractivity contribution in [3.63, 3.8) is 0 Å². The van der Waals surface area contributed by atoms with Crippen molar-refractivity contribution in [3.05, 3.63) is 0 Å². The van der Waals surface area contributed by atoms with Crippen LogP contribution in [0.5, 0.6) is 0 Å². The van der Waals surface area contributed by atoms with Gasteiger partial charge in [0.2, 0.25) is 0 Å². The van der Waals surface area contributed by atoms with Crippen molar-refractivity contribution < 1.29 is 8.85 Å². The third kappa shape index (κ3) is 6.84. The molecule has 2 N–H and O–H groups in total. The molecule has 0 amide bonds. The normalized spacial score (nSPS) is 12.0. The summed E-state index contributed by atoms with van der Waals surface area (Å²) in [5.41, 5.74) is 5.41. The monoisotopic (exact) mass is 237 g/mol. The van der Waals surface area contributed by atoms with Crippen molar-refractivity contribution >= 4 is 20.3 Å². The van der Waals surface area contributed by atoms with Gasteiger partial charge in [0.15, 0.2) is 0 Å². The van der Waals surface area contributed by atoms with Crippen LogP contribution in [0.25, 0.3) is 0 Å². The van der Waals surface area contributed by atoms with Crippen LogP contribution in [0.3, 0.4) is 0 Å². The maximum absolute atomic E-state index is 5.41. The lowest BCUT2D eigenvalue weighted by Gasteiger charge is -2.22. The fourth-order valence-electron chi connectivity index (χ4n) is 1.07. The number of hydrogen-bond acceptors (Lipinski definition) is 4. The highest BCUT2D eigenvalue weighted by Crippen LogP contribution is 2.16. The van der Waals surface area contributed by atoms with Crippen molar-refractivity contribution in [2.75, 3.05) is 32.3 Å². The van der Waals surface area contributed by atoms with Crippen molar-refractivity contribution in [1.82, 2.24) is 0 Å². The summed E-state index contributed by atoms with van der Waals surface area (Å²) in [6, 6.07) is 1.08. The lowest BCUT2D eigenvalue weighted by molar-refractivity contribution is 0.249. The summed E-state index contributed by atoms with van der Waals surface area (Å²) < 4.78 is 10.8. The SMILES string of the molecule is CO[Si](C)(CCCSCCCN)OC. The highest BCUT2D eigenvalue weighted by molar-refractivity contribution is 7.99. The molecule has 0 spiro atoms. The Balaban J connectivity index is 3.34. The van der Waals surface area contributed by atoms with Crippen molar-refractivity contribution in [1.29, 1.82) is 0 Å². The van der Waals surface area contributed by atoms with Crippen LogP contribution in [0.2, 0.25) is 12.6 Å². The van der Waals surface area contributed by atoms with Gasteiger partial charge in [-0.15, -0.1) is 0 Å². The summed E-state index contributed by atoms with van der Waals surface area (Å²) in [5.74, 6) is 2.37. The van der Waals surface area contributed by atoms with Crippen LogP contribution in [0.1, 0.15) is 12.8 Å². The van der Waals surface area contributed by atoms with Crippen LogP contribution in [0, 0.1) is 0 Å². The van der Waals surface area contributed by atoms with E-state index in [0.29, 0.717) is 0 Å². The van der Waals surface area contributed by atoms with Gasteiger partial charge in [-0.25, -0.2) is 0 Å². The molecular weight excluding hydrogens is 214 g/mol. The molecule has 0 fully saturated rings. The largest absolute Gasteiger partial charge is 0.398 e. The molecule has 3 nitrogen and oxygen atoms in total. The van der Waals surface area contributed by atoms with Crippen molar-refractivity contribution in [3.8, 4) is 0 Å². The maximum atomic E-state index is 5.41. The summed E-state index contributed by atoms with van der Waals surface area (Å²) in [7, 11) is 1.69. The van der Waals surface area contributed by atoms with Gasteiger partial charge in [-0.3, -0.25) is 0 Å². The fraction of sp³-hybridized carbons (Fsp3) is 1.00. The second-order valence-electron chi connectivity index (χ2n) is 3.40. The Labute approximate surface area is 93.0 Å². The number of thioether (sulfide) groups is 1. The van der Waals surface area contributed by atoms with Gasteiger partial charge in [0, 0.05) is 14.2 Å². The molecule has 0 aliphatic rings. The minimum absolute atomic E-state index is 0.801. The second-order valence-corrected chi connectivity index (χ2v) is 8.21. The third-order valence-electron chi connectivity index (χ3n) is 2.28. The lowest BCUT2D eigenvalue weighted by atomic mass is 10.5. The number of nitrogens with two attached hydrogens (primary N) is 1. The smallest absolute Gasteiger partial charge is 0.334 e. The summed E-state index contributed by atoms with van der Waals surface area (Å²) in [6.07, 6.45) is 2.30. The lowest BCUT2D eigenvalue weighted by Crippen LogP contribution is -2.35. The zero-order valence-corrected chi connectivity index (χ0v) is 11.4. The molecule has 0 atom stereocenters. The minimum Gasteiger partial charge on any atom is -0.398 e. The standard InChI is InChI=1S/C9H23NO2SSi/c1-11-14(3,12-2)9-5-8-13-7-4-6-10/h4-10H2,1-3H3. The van der Waals surface area contributed by atoms with Crippen LogP contribution in [-0.2, 0) is 8.85 Å². The van der Waals surface area contributed by atoms with Gasteiger partial charge in [-0.2, -0.15) is 11.8 Å². The predicted molar refractivity (Wildman–Crippen MR) is 66.1 cm³/mol. The molecule has 0 aromatic carbocycles. The topological polar surface area (TPSA) is 44.5 Å². The minimum atomic E-state index is -1.80. The molecular formula is C9H23NO2SSi. The third-order valence-corrected chi connectivity index (χ3v) is 6.42. The van der Waals surface area contributed by atoms with E-state index >= 15 is 0 Å². The first-order valence-electron chi connectivity index (χ1n) is 5.06. The highest BCUT2D eigenvalue weighted by Gasteiger charge is 2.27. The molecule has 86 valence electrons.